The van der Waals surface area contributed by atoms with Gasteiger partial charge in [0.2, 0.25) is 0 Å². The molecule has 0 fully saturated rings. The van der Waals surface area contributed by atoms with Crippen LogP contribution in [0.25, 0.3) is 0 Å². The smallest absolute Gasteiger partial charge is 0.0678 e. The van der Waals surface area contributed by atoms with Crippen molar-refractivity contribution in [2.24, 2.45) is 5.92 Å². The Bertz CT molecular complexity index is 367. The molecule has 1 aromatic carbocycles. The average molecular weight is 295 g/mol. The Hall–Kier alpha value is -0.510. The maximum atomic E-state index is 10.0. The lowest BCUT2D eigenvalue weighted by Crippen LogP contribution is -2.49. The lowest BCUT2D eigenvalue weighted by Gasteiger charge is -2.36. The van der Waals surface area contributed by atoms with Crippen LogP contribution in [0.4, 0.5) is 0 Å². The van der Waals surface area contributed by atoms with Gasteiger partial charge in [-0.15, -0.1) is 0 Å². The fourth-order valence-electron chi connectivity index (χ4n) is 2.39. The largest absolute Gasteiger partial charge is 0.394 e. The fraction of sp³-hybridized carbons (Fsp3) is 0.647. The van der Waals surface area contributed by atoms with Crippen molar-refractivity contribution in [3.63, 3.8) is 0 Å². The molecule has 0 aliphatic rings. The molecule has 1 aromatic rings. The molecule has 0 radical (unpaired) electrons. The van der Waals surface area contributed by atoms with Gasteiger partial charge in [-0.3, -0.25) is 0 Å². The van der Waals surface area contributed by atoms with E-state index in [1.165, 1.54) is 11.3 Å². The highest BCUT2D eigenvalue weighted by atomic mass is 32.2. The number of benzene rings is 1. The Morgan fingerprint density at radius 2 is 1.80 bits per heavy atom. The van der Waals surface area contributed by atoms with E-state index in [2.05, 4.69) is 45.1 Å². The van der Waals surface area contributed by atoms with Gasteiger partial charge >= 0.3 is 0 Å². The Balaban J connectivity index is 2.78. The molecule has 2 N–H and O–H groups in total. The number of nitrogens with one attached hydrogen (secondary N) is 1. The minimum Gasteiger partial charge on any atom is -0.394 e. The first-order valence-electron chi connectivity index (χ1n) is 7.52. The number of hydrogen-bond acceptors (Lipinski definition) is 3. The summed E-state index contributed by atoms with van der Waals surface area (Å²) >= 11 is 1.97. The lowest BCUT2D eigenvalue weighted by molar-refractivity contribution is 0.147. The molecule has 0 saturated heterocycles. The Morgan fingerprint density at radius 3 is 2.30 bits per heavy atom. The molecule has 1 unspecified atom stereocenters. The quantitative estimate of drug-likeness (QED) is 0.682. The number of aliphatic hydroxyl groups excluding tert-OH is 1. The topological polar surface area (TPSA) is 32.3 Å². The van der Waals surface area contributed by atoms with Gasteiger partial charge in [-0.2, -0.15) is 11.8 Å². The standard InChI is InChI=1S/C17H29NOS/c1-14(2)12-20-11-10-17(13-19,18-15(3)4)16-8-6-5-7-9-16/h5-9,14-15,18-19H,10-13H2,1-4H3. The van der Waals surface area contributed by atoms with E-state index < -0.39 is 0 Å². The number of thioether (sulfide) groups is 1. The summed E-state index contributed by atoms with van der Waals surface area (Å²) in [5, 5.41) is 13.6. The highest BCUT2D eigenvalue weighted by molar-refractivity contribution is 7.99. The van der Waals surface area contributed by atoms with Crippen molar-refractivity contribution in [3.8, 4) is 0 Å². The second-order valence-corrected chi connectivity index (χ2v) is 7.27. The molecule has 3 heteroatoms. The van der Waals surface area contributed by atoms with E-state index in [0.29, 0.717) is 6.04 Å². The molecule has 0 spiro atoms. The molecule has 20 heavy (non-hydrogen) atoms. The van der Waals surface area contributed by atoms with Gasteiger partial charge in [-0.05, 0) is 43.3 Å². The maximum Gasteiger partial charge on any atom is 0.0678 e. The molecule has 0 aliphatic heterocycles. The zero-order chi connectivity index (χ0) is 15.0. The van der Waals surface area contributed by atoms with Gasteiger partial charge in [-0.25, -0.2) is 0 Å². The average Bonchev–Trinajstić information content (AvgIpc) is 2.42. The van der Waals surface area contributed by atoms with Crippen LogP contribution in [-0.2, 0) is 5.54 Å². The summed E-state index contributed by atoms with van der Waals surface area (Å²) in [5.41, 5.74) is 0.862. The van der Waals surface area contributed by atoms with Crippen molar-refractivity contribution in [1.29, 1.82) is 0 Å². The van der Waals surface area contributed by atoms with Crippen molar-refractivity contribution >= 4 is 11.8 Å². The van der Waals surface area contributed by atoms with Crippen LogP contribution < -0.4 is 5.32 Å². The molecule has 114 valence electrons. The zero-order valence-electron chi connectivity index (χ0n) is 13.2. The van der Waals surface area contributed by atoms with Gasteiger partial charge in [-0.1, -0.05) is 44.2 Å². The third-order valence-electron chi connectivity index (χ3n) is 3.29. The summed E-state index contributed by atoms with van der Waals surface area (Å²) < 4.78 is 0. The highest BCUT2D eigenvalue weighted by Crippen LogP contribution is 2.27. The van der Waals surface area contributed by atoms with Gasteiger partial charge in [0.15, 0.2) is 0 Å². The molecule has 0 aromatic heterocycles. The molecular weight excluding hydrogens is 266 g/mol. The minimum absolute atomic E-state index is 0.136. The van der Waals surface area contributed by atoms with Crippen LogP contribution in [0.15, 0.2) is 30.3 Å². The minimum atomic E-state index is -0.320. The second kappa shape index (κ2) is 8.71. The van der Waals surface area contributed by atoms with Crippen molar-refractivity contribution in [2.45, 2.75) is 45.7 Å². The summed E-state index contributed by atoms with van der Waals surface area (Å²) in [6.07, 6.45) is 0.948. The molecule has 0 saturated carbocycles. The predicted octanol–water partition coefficient (Wildman–Crippen LogP) is 3.65. The molecular formula is C17H29NOS. The first-order valence-corrected chi connectivity index (χ1v) is 8.67. The van der Waals surface area contributed by atoms with Gasteiger partial charge in [0.1, 0.15) is 0 Å². The van der Waals surface area contributed by atoms with Crippen molar-refractivity contribution in [3.05, 3.63) is 35.9 Å². The summed E-state index contributed by atoms with van der Waals surface area (Å²) in [4.78, 5) is 0. The summed E-state index contributed by atoms with van der Waals surface area (Å²) in [6.45, 7) is 8.90. The summed E-state index contributed by atoms with van der Waals surface area (Å²) in [5.74, 6) is 2.96. The summed E-state index contributed by atoms with van der Waals surface area (Å²) in [7, 11) is 0. The number of rotatable bonds is 9. The molecule has 2 nitrogen and oxygen atoms in total. The third kappa shape index (κ3) is 5.47. The van der Waals surface area contributed by atoms with Crippen LogP contribution in [0.5, 0.6) is 0 Å². The Kier molecular flexibility index (Phi) is 7.63. The maximum absolute atomic E-state index is 10.0. The number of hydrogen-bond donors (Lipinski definition) is 2. The van der Waals surface area contributed by atoms with Gasteiger partial charge < -0.3 is 10.4 Å². The van der Waals surface area contributed by atoms with E-state index in [-0.39, 0.29) is 12.1 Å². The van der Waals surface area contributed by atoms with Crippen LogP contribution in [0.3, 0.4) is 0 Å². The van der Waals surface area contributed by atoms with Gasteiger partial charge in [0, 0.05) is 6.04 Å². The van der Waals surface area contributed by atoms with E-state index in [4.69, 9.17) is 0 Å². The van der Waals surface area contributed by atoms with E-state index in [1.807, 2.05) is 30.0 Å². The monoisotopic (exact) mass is 295 g/mol. The van der Waals surface area contributed by atoms with E-state index >= 15 is 0 Å². The molecule has 0 aliphatic carbocycles. The van der Waals surface area contributed by atoms with E-state index in [0.717, 1.165) is 18.1 Å². The van der Waals surface area contributed by atoms with Gasteiger partial charge in [0.05, 0.1) is 12.1 Å². The lowest BCUT2D eigenvalue weighted by atomic mass is 9.87. The zero-order valence-corrected chi connectivity index (χ0v) is 14.0. The SMILES string of the molecule is CC(C)CSCCC(CO)(NC(C)C)c1ccccc1. The van der Waals surface area contributed by atoms with Crippen molar-refractivity contribution in [2.75, 3.05) is 18.1 Å². The number of aliphatic hydroxyl groups is 1. The highest BCUT2D eigenvalue weighted by Gasteiger charge is 2.31. The van der Waals surface area contributed by atoms with E-state index in [9.17, 15) is 5.11 Å². The van der Waals surface area contributed by atoms with Crippen LogP contribution in [-0.4, -0.2) is 29.3 Å². The fourth-order valence-corrected chi connectivity index (χ4v) is 3.52. The molecule has 1 rings (SSSR count). The normalized spacial score (nSPS) is 14.8. The second-order valence-electron chi connectivity index (χ2n) is 6.12. The third-order valence-corrected chi connectivity index (χ3v) is 4.68. The molecule has 0 heterocycles. The van der Waals surface area contributed by atoms with E-state index in [1.54, 1.807) is 0 Å². The van der Waals surface area contributed by atoms with Crippen molar-refractivity contribution < 1.29 is 5.11 Å². The predicted molar refractivity (Wildman–Crippen MR) is 90.3 cm³/mol. The molecule has 1 atom stereocenters. The Labute approximate surface area is 128 Å². The van der Waals surface area contributed by atoms with Crippen LogP contribution in [0, 0.1) is 5.92 Å². The van der Waals surface area contributed by atoms with Gasteiger partial charge in [0.25, 0.3) is 0 Å². The van der Waals surface area contributed by atoms with Crippen molar-refractivity contribution in [1.82, 2.24) is 5.32 Å². The van der Waals surface area contributed by atoms with Crippen LogP contribution in [0.1, 0.15) is 39.7 Å². The first-order chi connectivity index (χ1) is 9.50. The van der Waals surface area contributed by atoms with Crippen LogP contribution >= 0.6 is 11.8 Å². The molecule has 0 amide bonds. The summed E-state index contributed by atoms with van der Waals surface area (Å²) in [6, 6.07) is 10.7. The van der Waals surface area contributed by atoms with Crippen LogP contribution in [0.2, 0.25) is 0 Å². The Morgan fingerprint density at radius 1 is 1.15 bits per heavy atom. The first kappa shape index (κ1) is 17.5. The molecule has 0 bridgehead atoms.